The van der Waals surface area contributed by atoms with E-state index in [9.17, 15) is 0 Å². The van der Waals surface area contributed by atoms with Crippen LogP contribution in [0.4, 0.5) is 0 Å². The fourth-order valence-electron chi connectivity index (χ4n) is 1.57. The van der Waals surface area contributed by atoms with Crippen LogP contribution in [-0.4, -0.2) is 147 Å². The van der Waals surface area contributed by atoms with E-state index in [-0.39, 0.29) is 0 Å². The lowest BCUT2D eigenvalue weighted by molar-refractivity contribution is 0.257. The highest BCUT2D eigenvalue weighted by Crippen LogP contribution is 2.11. The average molecular weight is 1010 g/mol. The Hall–Kier alpha value is 1.29. The van der Waals surface area contributed by atoms with E-state index in [1.165, 1.54) is 24.9 Å². The second-order valence-corrected chi connectivity index (χ2v) is 57.5. The molecule has 0 unspecified atom stereocenters. The highest BCUT2D eigenvalue weighted by molar-refractivity contribution is 6.80. The number of hydrogen-bond donors (Lipinski definition) is 0. The molecule has 59 heavy (non-hydrogen) atoms. The van der Waals surface area contributed by atoms with Crippen LogP contribution in [-0.2, 0) is 44.3 Å². The second kappa shape index (κ2) is 44.5. The lowest BCUT2D eigenvalue weighted by Crippen LogP contribution is -2.31. The maximum Gasteiger partial charge on any atom is 0.331 e. The fourth-order valence-corrected chi connectivity index (χ4v) is 4.72. The first-order valence-corrected chi connectivity index (χ1v) is 49.6. The Bertz CT molecular complexity index is 763. The van der Waals surface area contributed by atoms with E-state index in [0.29, 0.717) is 0 Å². The third-order valence-electron chi connectivity index (χ3n) is 7.70. The van der Waals surface area contributed by atoms with Crippen LogP contribution in [0.15, 0.2) is 12.3 Å². The van der Waals surface area contributed by atoms with Gasteiger partial charge in [-0.15, -0.1) is 12.3 Å². The molecule has 0 atom stereocenters. The van der Waals surface area contributed by atoms with Crippen molar-refractivity contribution in [2.24, 2.45) is 0 Å². The highest BCUT2D eigenvalue weighted by atomic mass is 28.4. The molecule has 0 saturated carbocycles. The predicted octanol–water partition coefficient (Wildman–Crippen LogP) is 13.5. The van der Waals surface area contributed by atoms with Gasteiger partial charge in [0.1, 0.15) is 0 Å². The lowest BCUT2D eigenvalue weighted by Gasteiger charge is -2.17. The predicted molar refractivity (Wildman–Crippen MR) is 293 cm³/mol. The van der Waals surface area contributed by atoms with Crippen LogP contribution in [0, 0.1) is 0 Å². The molecule has 0 aliphatic rings. The maximum atomic E-state index is 5.32. The Balaban J connectivity index is -0.0000000683. The van der Waals surface area contributed by atoms with Gasteiger partial charge in [0.05, 0.1) is 8.07 Å². The topological polar surface area (TPSA) is 92.3 Å². The standard InChI is InChI=1S/2C6H16OSi.C5H12Si.2C4H12O2Si.3C4H12OSi.C3H10OSi/c2*1-5-6-8(3,4)7-2;1-5-6(2,3)4;2*1-5-7(3,4)6-2;3*1-5-6(2,3)4;1-4-5(2)3/h2*5-6H2,1-4H3;5H,1H2,2-4H3;2*1-4H3;3*1-4H3;5H,1-3H3. The minimum Gasteiger partial charge on any atom is -0.424 e. The molecule has 370 valence electrons. The van der Waals surface area contributed by atoms with Crippen LogP contribution >= 0.6 is 0 Å². The van der Waals surface area contributed by atoms with E-state index in [2.05, 4.69) is 144 Å². The monoisotopic (exact) mass is 1010 g/mol. The van der Waals surface area contributed by atoms with Crippen LogP contribution in [0.1, 0.15) is 26.7 Å². The Labute approximate surface area is 384 Å². The summed E-state index contributed by atoms with van der Waals surface area (Å²) in [5.74, 6) is 0. The molecule has 0 fully saturated rings. The Kier molecular flexibility index (Phi) is 60.8. The van der Waals surface area contributed by atoms with Gasteiger partial charge in [0.2, 0.25) is 0 Å². The first-order valence-electron chi connectivity index (χ1n) is 21.1. The second-order valence-electron chi connectivity index (χ2n) is 19.8. The minimum absolute atomic E-state index is 0.650. The Morgan fingerprint density at radius 3 is 0.542 bits per heavy atom. The summed E-state index contributed by atoms with van der Waals surface area (Å²) in [6, 6.07) is 2.56. The van der Waals surface area contributed by atoms with E-state index >= 15 is 0 Å². The van der Waals surface area contributed by atoms with Crippen molar-refractivity contribution in [2.75, 3.05) is 71.1 Å². The van der Waals surface area contributed by atoms with Gasteiger partial charge in [0, 0.05) is 71.1 Å². The summed E-state index contributed by atoms with van der Waals surface area (Å²) in [5, 5.41) is 0. The first kappa shape index (κ1) is 80.6. The molecule has 10 nitrogen and oxygen atoms in total. The van der Waals surface area contributed by atoms with Gasteiger partial charge in [-0.05, 0) is 136 Å². The zero-order valence-corrected chi connectivity index (χ0v) is 55.9. The van der Waals surface area contributed by atoms with Gasteiger partial charge in [-0.2, -0.15) is 0 Å². The zero-order valence-electron chi connectivity index (χ0n) is 46.8. The van der Waals surface area contributed by atoms with Gasteiger partial charge in [-0.1, -0.05) is 46.3 Å². The molecule has 0 aromatic heterocycles. The van der Waals surface area contributed by atoms with Crippen molar-refractivity contribution in [3.63, 3.8) is 0 Å². The smallest absolute Gasteiger partial charge is 0.331 e. The van der Waals surface area contributed by atoms with Gasteiger partial charge in [0.15, 0.2) is 50.6 Å². The number of hydrogen-bond acceptors (Lipinski definition) is 10. The summed E-state index contributed by atoms with van der Waals surface area (Å²) in [6.45, 7) is 55.6. The Morgan fingerprint density at radius 1 is 0.373 bits per heavy atom. The van der Waals surface area contributed by atoms with Crippen LogP contribution in [0.3, 0.4) is 0 Å². The van der Waals surface area contributed by atoms with Crippen molar-refractivity contribution >= 4 is 75.8 Å². The molecule has 0 aromatic carbocycles. The van der Waals surface area contributed by atoms with Crippen LogP contribution < -0.4 is 0 Å². The Morgan fingerprint density at radius 2 is 0.525 bits per heavy atom. The van der Waals surface area contributed by atoms with Crippen molar-refractivity contribution in [3.8, 4) is 0 Å². The summed E-state index contributed by atoms with van der Waals surface area (Å²) < 4.78 is 50.8. The fraction of sp³-hybridized carbons (Fsp3) is 0.950. The summed E-state index contributed by atoms with van der Waals surface area (Å²) in [4.78, 5) is 0. The molecular weight excluding hydrogens is 893 g/mol. The van der Waals surface area contributed by atoms with E-state index in [1.54, 1.807) is 56.9 Å². The van der Waals surface area contributed by atoms with Gasteiger partial charge < -0.3 is 44.3 Å². The van der Waals surface area contributed by atoms with Gasteiger partial charge in [-0.3, -0.25) is 0 Å². The molecule has 0 aliphatic heterocycles. The molecule has 0 spiro atoms. The van der Waals surface area contributed by atoms with E-state index in [1.807, 2.05) is 40.4 Å². The first-order chi connectivity index (χ1) is 26.0. The van der Waals surface area contributed by atoms with Gasteiger partial charge in [-0.25, -0.2) is 0 Å². The molecule has 0 bridgehead atoms. The third-order valence-corrected chi connectivity index (χ3v) is 23.1. The summed E-state index contributed by atoms with van der Waals surface area (Å²) >= 11 is 0. The van der Waals surface area contributed by atoms with Crippen molar-refractivity contribution in [2.45, 2.75) is 183 Å². The van der Waals surface area contributed by atoms with Crippen LogP contribution in [0.5, 0.6) is 0 Å². The lowest BCUT2D eigenvalue weighted by atomic mass is 10.6. The zero-order chi connectivity index (χ0) is 50.2. The summed E-state index contributed by atoms with van der Waals surface area (Å²) in [7, 11) is 6.85. The molecular formula is C40H114O10Si9. The molecule has 0 saturated heterocycles. The molecule has 0 rings (SSSR count). The molecule has 0 N–H and O–H groups in total. The molecule has 19 heteroatoms. The normalized spacial score (nSPS) is 11.7. The van der Waals surface area contributed by atoms with E-state index < -0.39 is 75.8 Å². The van der Waals surface area contributed by atoms with E-state index in [0.717, 1.165) is 0 Å². The van der Waals surface area contributed by atoms with Crippen LogP contribution in [0.2, 0.25) is 156 Å². The van der Waals surface area contributed by atoms with Gasteiger partial charge in [0.25, 0.3) is 0 Å². The summed E-state index contributed by atoms with van der Waals surface area (Å²) in [6.07, 6.45) is 2.51. The van der Waals surface area contributed by atoms with Crippen molar-refractivity contribution in [1.29, 1.82) is 0 Å². The quantitative estimate of drug-likeness (QED) is 0.148. The number of rotatable bonds is 15. The largest absolute Gasteiger partial charge is 0.424 e. The molecule has 0 amide bonds. The maximum absolute atomic E-state index is 5.32. The van der Waals surface area contributed by atoms with Crippen molar-refractivity contribution < 1.29 is 44.3 Å². The minimum atomic E-state index is -1.65. The molecule has 0 radical (unpaired) electrons. The van der Waals surface area contributed by atoms with E-state index in [4.69, 9.17) is 44.3 Å². The average Bonchev–Trinajstić information content (AvgIpc) is 3.12. The molecule has 0 aliphatic carbocycles. The molecule has 0 aromatic rings. The third kappa shape index (κ3) is 114. The highest BCUT2D eigenvalue weighted by Gasteiger charge is 2.20. The SMILES string of the molecule is C=C[Si](C)(C)C.CCC[Si](C)(C)OC.CCC[Si](C)(C)OC.CO[SiH](C)C.CO[Si](C)(C)C.CO[Si](C)(C)C.CO[Si](C)(C)C.CO[Si](C)(C)OC.CO[Si](C)(C)OC. The van der Waals surface area contributed by atoms with Crippen LogP contribution in [0.25, 0.3) is 0 Å². The van der Waals surface area contributed by atoms with Crippen molar-refractivity contribution in [3.05, 3.63) is 12.3 Å². The van der Waals surface area contributed by atoms with Gasteiger partial charge >= 0.3 is 17.1 Å². The molecule has 0 heterocycles. The van der Waals surface area contributed by atoms with Crippen molar-refractivity contribution in [1.82, 2.24) is 0 Å². The summed E-state index contributed by atoms with van der Waals surface area (Å²) in [5.41, 5.74) is 2.08.